The molecule has 1 heterocycles. The van der Waals surface area contributed by atoms with E-state index in [0.29, 0.717) is 6.61 Å². The van der Waals surface area contributed by atoms with Gasteiger partial charge in [0.05, 0.1) is 0 Å². The predicted molar refractivity (Wildman–Crippen MR) is 44.0 cm³/mol. The number of oxime groups is 1. The first kappa shape index (κ1) is 8.77. The average Bonchev–Trinajstić information content (AvgIpc) is 2.04. The first-order valence-corrected chi connectivity index (χ1v) is 3.79. The van der Waals surface area contributed by atoms with Crippen molar-refractivity contribution in [3.63, 3.8) is 0 Å². The van der Waals surface area contributed by atoms with Crippen LogP contribution >= 0.6 is 0 Å². The Labute approximate surface area is 70.5 Å². The van der Waals surface area contributed by atoms with Crippen molar-refractivity contribution < 1.29 is 14.7 Å². The molecule has 12 heavy (non-hydrogen) atoms. The lowest BCUT2D eigenvalue weighted by Crippen LogP contribution is -2.20. The monoisotopic (exact) mass is 169 g/mol. The third-order valence-electron chi connectivity index (χ3n) is 1.91. The second kappa shape index (κ2) is 3.38. The number of aliphatic carboxylic acids is 1. The average molecular weight is 169 g/mol. The van der Waals surface area contributed by atoms with Gasteiger partial charge in [0.2, 0.25) is 0 Å². The van der Waals surface area contributed by atoms with E-state index in [-0.39, 0.29) is 5.71 Å². The molecule has 0 amide bonds. The molecular weight excluding hydrogens is 158 g/mol. The number of carbonyl (C=O) groups is 1. The Balaban J connectivity index is 2.97. The van der Waals surface area contributed by atoms with E-state index in [4.69, 9.17) is 9.94 Å². The molecule has 0 atom stereocenters. The number of rotatable bonds is 2. The molecule has 0 saturated heterocycles. The Bertz CT molecular complexity index is 265. The van der Waals surface area contributed by atoms with Crippen molar-refractivity contribution in [1.29, 1.82) is 0 Å². The van der Waals surface area contributed by atoms with E-state index >= 15 is 0 Å². The normalized spacial score (nSPS) is 17.0. The minimum Gasteiger partial charge on any atom is -0.476 e. The van der Waals surface area contributed by atoms with Gasteiger partial charge in [-0.2, -0.15) is 0 Å². The third-order valence-corrected chi connectivity index (χ3v) is 1.91. The molecule has 0 spiro atoms. The van der Waals surface area contributed by atoms with Crippen LogP contribution in [0.25, 0.3) is 0 Å². The lowest BCUT2D eigenvalue weighted by atomic mass is 10.0. The van der Waals surface area contributed by atoms with Crippen molar-refractivity contribution in [2.75, 3.05) is 6.61 Å². The third kappa shape index (κ3) is 1.47. The Morgan fingerprint density at radius 1 is 1.75 bits per heavy atom. The van der Waals surface area contributed by atoms with Crippen LogP contribution in [0.1, 0.15) is 20.3 Å². The highest BCUT2D eigenvalue weighted by atomic mass is 16.6. The minimum atomic E-state index is -1.03. The fourth-order valence-corrected chi connectivity index (χ4v) is 1.09. The summed E-state index contributed by atoms with van der Waals surface area (Å²) in [5, 5.41) is 12.1. The Kier molecular flexibility index (Phi) is 2.47. The van der Waals surface area contributed by atoms with Gasteiger partial charge in [-0.1, -0.05) is 12.1 Å². The predicted octanol–water partition coefficient (Wildman–Crippen LogP) is 1.18. The highest BCUT2D eigenvalue weighted by molar-refractivity contribution is 6.42. The fourth-order valence-electron chi connectivity index (χ4n) is 1.09. The molecule has 0 fully saturated rings. The molecule has 0 aromatic heterocycles. The molecule has 4 nitrogen and oxygen atoms in total. The van der Waals surface area contributed by atoms with Gasteiger partial charge in [0.25, 0.3) is 0 Å². The Morgan fingerprint density at radius 3 is 2.92 bits per heavy atom. The molecule has 1 N–H and O–H groups in total. The summed E-state index contributed by atoms with van der Waals surface area (Å²) in [6.45, 7) is 4.14. The molecule has 0 aromatic carbocycles. The second-order valence-corrected chi connectivity index (χ2v) is 2.60. The first-order valence-electron chi connectivity index (χ1n) is 3.79. The SMILES string of the molecule is CCC1=C(C)C(C(=O)O)=NOC1. The Hall–Kier alpha value is -1.32. The molecule has 0 aromatic rings. The zero-order valence-electron chi connectivity index (χ0n) is 7.13. The van der Waals surface area contributed by atoms with Gasteiger partial charge in [-0.25, -0.2) is 4.79 Å². The quantitative estimate of drug-likeness (QED) is 0.675. The van der Waals surface area contributed by atoms with Crippen molar-refractivity contribution in [3.8, 4) is 0 Å². The van der Waals surface area contributed by atoms with Crippen LogP contribution in [0.15, 0.2) is 16.3 Å². The van der Waals surface area contributed by atoms with Crippen molar-refractivity contribution in [3.05, 3.63) is 11.1 Å². The molecule has 1 rings (SSSR count). The fraction of sp³-hybridized carbons (Fsp3) is 0.500. The maximum atomic E-state index is 10.6. The largest absolute Gasteiger partial charge is 0.476 e. The van der Waals surface area contributed by atoms with Crippen molar-refractivity contribution >= 4 is 11.7 Å². The summed E-state index contributed by atoms with van der Waals surface area (Å²) in [4.78, 5) is 15.3. The van der Waals surface area contributed by atoms with Gasteiger partial charge in [0, 0.05) is 0 Å². The van der Waals surface area contributed by atoms with Gasteiger partial charge in [0.1, 0.15) is 6.61 Å². The molecule has 1 aliphatic heterocycles. The van der Waals surface area contributed by atoms with Crippen LogP contribution in [0.4, 0.5) is 0 Å². The summed E-state index contributed by atoms with van der Waals surface area (Å²) in [6, 6.07) is 0. The highest BCUT2D eigenvalue weighted by Crippen LogP contribution is 2.15. The van der Waals surface area contributed by atoms with Crippen molar-refractivity contribution in [2.24, 2.45) is 5.16 Å². The van der Waals surface area contributed by atoms with Gasteiger partial charge in [-0.05, 0) is 24.5 Å². The van der Waals surface area contributed by atoms with Crippen LogP contribution in [-0.4, -0.2) is 23.4 Å². The molecule has 1 aliphatic rings. The standard InChI is InChI=1S/C8H11NO3/c1-3-6-4-12-9-7(5(6)2)8(10)11/h3-4H2,1-2H3,(H,10,11). The number of hydrogen-bond donors (Lipinski definition) is 1. The summed E-state index contributed by atoms with van der Waals surface area (Å²) >= 11 is 0. The maximum Gasteiger partial charge on any atom is 0.358 e. The molecule has 0 unspecified atom stereocenters. The number of nitrogens with zero attached hydrogens (tertiary/aromatic N) is 1. The first-order chi connectivity index (χ1) is 5.66. The van der Waals surface area contributed by atoms with Crippen LogP contribution in [0.5, 0.6) is 0 Å². The van der Waals surface area contributed by atoms with Crippen LogP contribution in [0.2, 0.25) is 0 Å². The summed E-state index contributed by atoms with van der Waals surface area (Å²) in [7, 11) is 0. The summed E-state index contributed by atoms with van der Waals surface area (Å²) in [5.74, 6) is -1.03. The van der Waals surface area contributed by atoms with Crippen LogP contribution in [0, 0.1) is 0 Å². The number of hydrogen-bond acceptors (Lipinski definition) is 3. The van der Waals surface area contributed by atoms with Crippen LogP contribution < -0.4 is 0 Å². The number of carboxylic acid groups (broad SMARTS) is 1. The summed E-state index contributed by atoms with van der Waals surface area (Å²) in [6.07, 6.45) is 0.804. The molecular formula is C8H11NO3. The van der Waals surface area contributed by atoms with E-state index in [1.165, 1.54) is 0 Å². The second-order valence-electron chi connectivity index (χ2n) is 2.60. The van der Waals surface area contributed by atoms with Crippen molar-refractivity contribution in [2.45, 2.75) is 20.3 Å². The highest BCUT2D eigenvalue weighted by Gasteiger charge is 2.19. The lowest BCUT2D eigenvalue weighted by molar-refractivity contribution is -0.129. The van der Waals surface area contributed by atoms with E-state index in [1.807, 2.05) is 6.92 Å². The molecule has 0 saturated carbocycles. The summed E-state index contributed by atoms with van der Waals surface area (Å²) < 4.78 is 0. The molecule has 0 bridgehead atoms. The van der Waals surface area contributed by atoms with Crippen molar-refractivity contribution in [1.82, 2.24) is 0 Å². The van der Waals surface area contributed by atoms with Gasteiger partial charge in [0.15, 0.2) is 5.71 Å². The molecule has 4 heteroatoms. The maximum absolute atomic E-state index is 10.6. The number of carboxylic acids is 1. The van der Waals surface area contributed by atoms with Gasteiger partial charge >= 0.3 is 5.97 Å². The van der Waals surface area contributed by atoms with E-state index in [0.717, 1.165) is 17.6 Å². The molecule has 66 valence electrons. The lowest BCUT2D eigenvalue weighted by Gasteiger charge is -2.14. The van der Waals surface area contributed by atoms with E-state index in [9.17, 15) is 4.79 Å². The van der Waals surface area contributed by atoms with E-state index in [1.54, 1.807) is 6.92 Å². The zero-order valence-corrected chi connectivity index (χ0v) is 7.13. The van der Waals surface area contributed by atoms with Gasteiger partial charge < -0.3 is 9.94 Å². The van der Waals surface area contributed by atoms with Gasteiger partial charge in [-0.15, -0.1) is 0 Å². The van der Waals surface area contributed by atoms with Gasteiger partial charge in [-0.3, -0.25) is 0 Å². The van der Waals surface area contributed by atoms with Crippen LogP contribution in [0.3, 0.4) is 0 Å². The zero-order chi connectivity index (χ0) is 9.14. The smallest absolute Gasteiger partial charge is 0.358 e. The Morgan fingerprint density at radius 2 is 2.42 bits per heavy atom. The van der Waals surface area contributed by atoms with E-state index in [2.05, 4.69) is 5.16 Å². The van der Waals surface area contributed by atoms with E-state index < -0.39 is 5.97 Å². The molecule has 0 aliphatic carbocycles. The van der Waals surface area contributed by atoms with Crippen LogP contribution in [-0.2, 0) is 9.63 Å². The molecule has 0 radical (unpaired) electrons. The topological polar surface area (TPSA) is 58.9 Å². The summed E-state index contributed by atoms with van der Waals surface area (Å²) in [5.41, 5.74) is 1.76. The minimum absolute atomic E-state index is 0.0260.